The average molecular weight is 558 g/mol. The first-order valence-electron chi connectivity index (χ1n) is 12.1. The molecule has 0 saturated heterocycles. The van der Waals surface area contributed by atoms with Crippen LogP contribution in [0.2, 0.25) is 0 Å². The minimum absolute atomic E-state index is 0.112. The molecular weight excluding hydrogens is 526 g/mol. The predicted molar refractivity (Wildman–Crippen MR) is 142 cm³/mol. The summed E-state index contributed by atoms with van der Waals surface area (Å²) in [6, 6.07) is 6.82. The van der Waals surface area contributed by atoms with Crippen LogP contribution < -0.4 is 14.2 Å². The lowest BCUT2D eigenvalue weighted by Crippen LogP contribution is -2.34. The van der Waals surface area contributed by atoms with Crippen molar-refractivity contribution in [2.24, 2.45) is 0 Å². The lowest BCUT2D eigenvalue weighted by molar-refractivity contribution is 0.00394. The molecule has 1 N–H and O–H groups in total. The van der Waals surface area contributed by atoms with E-state index < -0.39 is 21.4 Å². The fourth-order valence-electron chi connectivity index (χ4n) is 3.90. The van der Waals surface area contributed by atoms with Gasteiger partial charge in [-0.05, 0) is 46.8 Å². The van der Waals surface area contributed by atoms with Crippen molar-refractivity contribution in [1.29, 1.82) is 0 Å². The highest BCUT2D eigenvalue weighted by Gasteiger charge is 2.35. The molecule has 208 valence electrons. The van der Waals surface area contributed by atoms with Crippen LogP contribution in [-0.4, -0.2) is 63.9 Å². The van der Waals surface area contributed by atoms with Gasteiger partial charge >= 0.3 is 0 Å². The number of sulfonamides is 1. The number of aromatic nitrogens is 6. The van der Waals surface area contributed by atoms with Crippen molar-refractivity contribution in [2.45, 2.75) is 52.1 Å². The van der Waals surface area contributed by atoms with Crippen molar-refractivity contribution in [2.75, 3.05) is 18.9 Å². The Morgan fingerprint density at radius 3 is 2.23 bits per heavy atom. The Kier molecular flexibility index (Phi) is 8.16. The monoisotopic (exact) mass is 557 g/mol. The second-order valence-electron chi connectivity index (χ2n) is 9.06. The quantitative estimate of drug-likeness (QED) is 0.287. The van der Waals surface area contributed by atoms with Crippen molar-refractivity contribution < 1.29 is 27.2 Å². The van der Waals surface area contributed by atoms with Crippen LogP contribution in [0.4, 0.5) is 5.95 Å². The molecule has 0 saturated carbocycles. The number of benzene rings is 1. The number of para-hydroxylation sites is 1. The van der Waals surface area contributed by atoms with E-state index in [9.17, 15) is 8.42 Å². The molecule has 0 aliphatic heterocycles. The van der Waals surface area contributed by atoms with Crippen molar-refractivity contribution in [1.82, 2.24) is 29.9 Å². The van der Waals surface area contributed by atoms with E-state index in [0.29, 0.717) is 40.0 Å². The third kappa shape index (κ3) is 5.86. The molecule has 0 spiro atoms. The first-order valence-corrected chi connectivity index (χ1v) is 13.7. The van der Waals surface area contributed by atoms with Gasteiger partial charge in [0.25, 0.3) is 0 Å². The molecule has 14 heteroatoms. The lowest BCUT2D eigenvalue weighted by atomic mass is 10.2. The molecule has 4 aromatic rings. The van der Waals surface area contributed by atoms with Gasteiger partial charge in [0.15, 0.2) is 11.5 Å². The van der Waals surface area contributed by atoms with E-state index in [1.807, 2.05) is 13.8 Å². The highest BCUT2D eigenvalue weighted by Crippen LogP contribution is 2.38. The lowest BCUT2D eigenvalue weighted by Gasteiger charge is -2.26. The molecule has 13 nitrogen and oxygen atoms in total. The number of methoxy groups -OCH3 is 2. The Balaban J connectivity index is 1.83. The number of anilines is 1. The van der Waals surface area contributed by atoms with Crippen LogP contribution in [0, 0.1) is 13.8 Å². The summed E-state index contributed by atoms with van der Waals surface area (Å²) in [6.07, 6.45) is 1.89. The van der Waals surface area contributed by atoms with E-state index in [1.54, 1.807) is 44.3 Å². The second kappa shape index (κ2) is 11.4. The third-order valence-electron chi connectivity index (χ3n) is 5.81. The van der Waals surface area contributed by atoms with Gasteiger partial charge in [0.2, 0.25) is 16.0 Å². The third-order valence-corrected chi connectivity index (χ3v) is 7.50. The molecule has 0 radical (unpaired) electrons. The normalized spacial score (nSPS) is 13.3. The van der Waals surface area contributed by atoms with E-state index in [0.717, 1.165) is 0 Å². The SMILES string of the molecule is COc1cccc(OC)c1-n1c(NS(=O)(=O)C(C)C(OC(C)C)c2cnc(C)cn2)nnc1-c1cc(C)on1. The number of nitrogens with one attached hydrogen (secondary N) is 1. The van der Waals surface area contributed by atoms with Crippen LogP contribution >= 0.6 is 0 Å². The van der Waals surface area contributed by atoms with E-state index in [4.69, 9.17) is 18.7 Å². The molecule has 0 amide bonds. The van der Waals surface area contributed by atoms with Gasteiger partial charge in [0.05, 0.1) is 37.9 Å². The number of aryl methyl sites for hydroxylation is 2. The maximum absolute atomic E-state index is 13.8. The van der Waals surface area contributed by atoms with Crippen LogP contribution in [-0.2, 0) is 14.8 Å². The summed E-state index contributed by atoms with van der Waals surface area (Å²) in [6.45, 7) is 8.69. The van der Waals surface area contributed by atoms with Gasteiger partial charge in [-0.25, -0.2) is 8.42 Å². The molecule has 0 bridgehead atoms. The Labute approximate surface area is 226 Å². The number of rotatable bonds is 11. The zero-order valence-electron chi connectivity index (χ0n) is 22.7. The zero-order valence-corrected chi connectivity index (χ0v) is 23.6. The molecule has 0 aliphatic carbocycles. The zero-order chi connectivity index (χ0) is 28.3. The summed E-state index contributed by atoms with van der Waals surface area (Å²) in [4.78, 5) is 8.62. The average Bonchev–Trinajstić information content (AvgIpc) is 3.52. The molecular formula is C25H31N7O6S. The fraction of sp³-hybridized carbons (Fsp3) is 0.400. The molecule has 3 heterocycles. The first-order chi connectivity index (χ1) is 18.6. The second-order valence-corrected chi connectivity index (χ2v) is 11.1. The van der Waals surface area contributed by atoms with Gasteiger partial charge < -0.3 is 18.7 Å². The van der Waals surface area contributed by atoms with Crippen LogP contribution in [0.15, 0.2) is 41.2 Å². The molecule has 2 atom stereocenters. The van der Waals surface area contributed by atoms with E-state index >= 15 is 0 Å². The van der Waals surface area contributed by atoms with Crippen LogP contribution in [0.1, 0.15) is 44.0 Å². The summed E-state index contributed by atoms with van der Waals surface area (Å²) in [5.41, 5.74) is 1.79. The Hall–Kier alpha value is -4.04. The largest absolute Gasteiger partial charge is 0.494 e. The van der Waals surface area contributed by atoms with Crippen LogP contribution in [0.3, 0.4) is 0 Å². The minimum Gasteiger partial charge on any atom is -0.494 e. The van der Waals surface area contributed by atoms with E-state index in [2.05, 4.69) is 30.0 Å². The molecule has 2 unspecified atom stereocenters. The maximum atomic E-state index is 13.8. The number of nitrogens with zero attached hydrogens (tertiary/aromatic N) is 6. The molecule has 39 heavy (non-hydrogen) atoms. The number of ether oxygens (including phenoxy) is 3. The molecule has 0 aliphatic rings. The van der Waals surface area contributed by atoms with Crippen molar-refractivity contribution in [3.05, 3.63) is 53.8 Å². The standard InChI is InChI=1S/C25H31N7O6S/c1-14(2)37-23(19-13-26-15(3)12-27-19)17(5)39(33,34)31-25-29-28-24(18-11-16(4)38-30-18)32(25)22-20(35-6)9-8-10-21(22)36-7/h8-14,17,23H,1-7H3,(H,29,31). The summed E-state index contributed by atoms with van der Waals surface area (Å²) >= 11 is 0. The number of hydrogen-bond donors (Lipinski definition) is 1. The minimum atomic E-state index is -4.14. The Morgan fingerprint density at radius 1 is 1.00 bits per heavy atom. The van der Waals surface area contributed by atoms with Gasteiger partial charge in [-0.2, -0.15) is 0 Å². The van der Waals surface area contributed by atoms with Gasteiger partial charge in [0, 0.05) is 12.3 Å². The Bertz CT molecular complexity index is 1510. The molecule has 4 rings (SSSR count). The molecule has 3 aromatic heterocycles. The molecule has 0 fully saturated rings. The van der Waals surface area contributed by atoms with Gasteiger partial charge in [0.1, 0.15) is 34.3 Å². The predicted octanol–water partition coefficient (Wildman–Crippen LogP) is 3.64. The fourth-order valence-corrected chi connectivity index (χ4v) is 5.00. The molecule has 1 aromatic carbocycles. The highest BCUT2D eigenvalue weighted by atomic mass is 32.2. The van der Waals surface area contributed by atoms with E-state index in [1.165, 1.54) is 31.9 Å². The Morgan fingerprint density at radius 2 is 1.69 bits per heavy atom. The van der Waals surface area contributed by atoms with Crippen LogP contribution in [0.5, 0.6) is 11.5 Å². The highest BCUT2D eigenvalue weighted by molar-refractivity contribution is 7.93. The summed E-state index contributed by atoms with van der Waals surface area (Å²) < 4.78 is 54.0. The van der Waals surface area contributed by atoms with Gasteiger partial charge in [-0.3, -0.25) is 19.3 Å². The topological polar surface area (TPSA) is 156 Å². The van der Waals surface area contributed by atoms with Crippen molar-refractivity contribution >= 4 is 16.0 Å². The number of hydrogen-bond acceptors (Lipinski definition) is 11. The maximum Gasteiger partial charge on any atom is 0.243 e. The van der Waals surface area contributed by atoms with Crippen molar-refractivity contribution in [3.8, 4) is 28.7 Å². The summed E-state index contributed by atoms with van der Waals surface area (Å²) in [5, 5.41) is 11.3. The van der Waals surface area contributed by atoms with Gasteiger partial charge in [-0.1, -0.05) is 11.2 Å². The summed E-state index contributed by atoms with van der Waals surface area (Å²) in [7, 11) is -1.16. The van der Waals surface area contributed by atoms with Crippen LogP contribution in [0.25, 0.3) is 17.2 Å². The smallest absolute Gasteiger partial charge is 0.243 e. The van der Waals surface area contributed by atoms with Gasteiger partial charge in [-0.15, -0.1) is 10.2 Å². The first kappa shape index (κ1) is 28.0. The van der Waals surface area contributed by atoms with E-state index in [-0.39, 0.29) is 17.9 Å². The summed E-state index contributed by atoms with van der Waals surface area (Å²) in [5.74, 6) is 1.41. The van der Waals surface area contributed by atoms with Crippen molar-refractivity contribution in [3.63, 3.8) is 0 Å².